The highest BCUT2D eigenvalue weighted by Crippen LogP contribution is 2.38. The Bertz CT molecular complexity index is 705. The number of aromatic nitrogens is 3. The van der Waals surface area contributed by atoms with Crippen molar-refractivity contribution in [2.75, 3.05) is 26.3 Å². The number of carbonyl (C=O) groups excluding carboxylic acids is 1. The van der Waals surface area contributed by atoms with Crippen LogP contribution in [-0.2, 0) is 16.1 Å². The first kappa shape index (κ1) is 14.6. The van der Waals surface area contributed by atoms with Gasteiger partial charge in [-0.1, -0.05) is 17.3 Å². The average molecular weight is 314 g/mol. The summed E-state index contributed by atoms with van der Waals surface area (Å²) in [5, 5.41) is 8.38. The number of amides is 1. The molecule has 2 saturated heterocycles. The topological polar surface area (TPSA) is 60.2 Å². The third-order valence-corrected chi connectivity index (χ3v) is 5.15. The van der Waals surface area contributed by atoms with E-state index < -0.39 is 0 Å². The first-order valence-electron chi connectivity index (χ1n) is 8.40. The van der Waals surface area contributed by atoms with E-state index in [0.717, 1.165) is 63.1 Å². The molecule has 1 amide bonds. The molecule has 1 aromatic heterocycles. The number of aryl methyl sites for hydroxylation is 1. The Hall–Kier alpha value is -1.95. The van der Waals surface area contributed by atoms with Crippen molar-refractivity contribution in [3.8, 4) is 0 Å². The molecule has 2 fully saturated rings. The predicted octanol–water partition coefficient (Wildman–Crippen LogP) is 1.85. The van der Waals surface area contributed by atoms with Gasteiger partial charge in [0.1, 0.15) is 5.52 Å². The summed E-state index contributed by atoms with van der Waals surface area (Å²) >= 11 is 0. The van der Waals surface area contributed by atoms with Crippen LogP contribution in [0.5, 0.6) is 0 Å². The minimum absolute atomic E-state index is 0.216. The van der Waals surface area contributed by atoms with E-state index in [4.69, 9.17) is 4.74 Å². The maximum absolute atomic E-state index is 12.2. The smallest absolute Gasteiger partial charge is 0.222 e. The van der Waals surface area contributed by atoms with E-state index in [1.165, 1.54) is 0 Å². The third kappa shape index (κ3) is 2.83. The van der Waals surface area contributed by atoms with E-state index in [1.807, 2.05) is 33.8 Å². The molecule has 1 aromatic carbocycles. The van der Waals surface area contributed by atoms with Crippen LogP contribution in [0.3, 0.4) is 0 Å². The van der Waals surface area contributed by atoms with Crippen LogP contribution in [-0.4, -0.2) is 52.1 Å². The molecule has 1 atom stereocenters. The van der Waals surface area contributed by atoms with Crippen molar-refractivity contribution >= 4 is 16.9 Å². The molecule has 0 N–H and O–H groups in total. The Balaban J connectivity index is 1.37. The second-order valence-electron chi connectivity index (χ2n) is 6.77. The van der Waals surface area contributed by atoms with Crippen molar-refractivity contribution in [2.24, 2.45) is 5.41 Å². The summed E-state index contributed by atoms with van der Waals surface area (Å²) in [6, 6.07) is 7.97. The van der Waals surface area contributed by atoms with Crippen molar-refractivity contribution in [3.05, 3.63) is 24.3 Å². The summed E-state index contributed by atoms with van der Waals surface area (Å²) in [6.07, 6.45) is 3.63. The van der Waals surface area contributed by atoms with Gasteiger partial charge in [-0.3, -0.25) is 4.79 Å². The van der Waals surface area contributed by atoms with Gasteiger partial charge in [0.15, 0.2) is 0 Å². The van der Waals surface area contributed by atoms with Gasteiger partial charge < -0.3 is 9.64 Å². The zero-order valence-corrected chi connectivity index (χ0v) is 13.3. The Morgan fingerprint density at radius 1 is 1.22 bits per heavy atom. The van der Waals surface area contributed by atoms with Gasteiger partial charge in [0, 0.05) is 38.1 Å². The highest BCUT2D eigenvalue weighted by Gasteiger charge is 2.41. The fourth-order valence-electron chi connectivity index (χ4n) is 3.77. The van der Waals surface area contributed by atoms with Crippen molar-refractivity contribution in [2.45, 2.75) is 32.2 Å². The largest absolute Gasteiger partial charge is 0.381 e. The second-order valence-corrected chi connectivity index (χ2v) is 6.77. The Morgan fingerprint density at radius 2 is 2.13 bits per heavy atom. The zero-order valence-electron chi connectivity index (χ0n) is 13.3. The quantitative estimate of drug-likeness (QED) is 0.864. The van der Waals surface area contributed by atoms with E-state index >= 15 is 0 Å². The predicted molar refractivity (Wildman–Crippen MR) is 85.8 cm³/mol. The summed E-state index contributed by atoms with van der Waals surface area (Å²) in [7, 11) is 0. The SMILES string of the molecule is O=C1CC[C@@]2(CCOC2)CN1CCCn1nnc2ccccc21. The van der Waals surface area contributed by atoms with Crippen LogP contribution in [0.25, 0.3) is 11.0 Å². The molecule has 0 saturated carbocycles. The molecular weight excluding hydrogens is 292 g/mol. The van der Waals surface area contributed by atoms with Gasteiger partial charge in [-0.05, 0) is 31.4 Å². The van der Waals surface area contributed by atoms with Crippen LogP contribution in [0.4, 0.5) is 0 Å². The van der Waals surface area contributed by atoms with Gasteiger partial charge in [0.25, 0.3) is 0 Å². The lowest BCUT2D eigenvalue weighted by Gasteiger charge is -2.39. The minimum Gasteiger partial charge on any atom is -0.381 e. The first-order valence-corrected chi connectivity index (χ1v) is 8.40. The number of nitrogens with zero attached hydrogens (tertiary/aromatic N) is 4. The summed E-state index contributed by atoms with van der Waals surface area (Å²) in [6.45, 7) is 4.07. The maximum Gasteiger partial charge on any atom is 0.222 e. The molecular formula is C17H22N4O2. The Kier molecular flexibility index (Phi) is 3.77. The zero-order chi connectivity index (χ0) is 15.7. The molecule has 0 unspecified atom stereocenters. The number of para-hydroxylation sites is 1. The molecule has 0 radical (unpaired) electrons. The van der Waals surface area contributed by atoms with Crippen molar-refractivity contribution in [3.63, 3.8) is 0 Å². The Morgan fingerprint density at radius 3 is 3.00 bits per heavy atom. The van der Waals surface area contributed by atoms with E-state index in [-0.39, 0.29) is 11.3 Å². The van der Waals surface area contributed by atoms with E-state index in [1.54, 1.807) is 0 Å². The van der Waals surface area contributed by atoms with Gasteiger partial charge in [0.2, 0.25) is 5.91 Å². The number of carbonyl (C=O) groups is 1. The van der Waals surface area contributed by atoms with Crippen LogP contribution in [0.1, 0.15) is 25.7 Å². The van der Waals surface area contributed by atoms with Gasteiger partial charge in [-0.15, -0.1) is 5.10 Å². The number of benzene rings is 1. The average Bonchev–Trinajstić information content (AvgIpc) is 3.19. The van der Waals surface area contributed by atoms with Crippen LogP contribution < -0.4 is 0 Å². The lowest BCUT2D eigenvalue weighted by atomic mass is 9.79. The molecule has 6 heteroatoms. The molecule has 2 aliphatic rings. The highest BCUT2D eigenvalue weighted by atomic mass is 16.5. The molecule has 6 nitrogen and oxygen atoms in total. The normalized spacial score (nSPS) is 24.9. The molecule has 3 heterocycles. The Labute approximate surface area is 135 Å². The molecule has 2 aliphatic heterocycles. The number of hydrogen-bond acceptors (Lipinski definition) is 4. The lowest BCUT2D eigenvalue weighted by Crippen LogP contribution is -2.47. The minimum atomic E-state index is 0.216. The van der Waals surface area contributed by atoms with Gasteiger partial charge in [-0.2, -0.15) is 0 Å². The second kappa shape index (κ2) is 5.92. The standard InChI is InChI=1S/C17H22N4O2/c22-16-6-7-17(8-11-23-13-17)12-20(16)9-3-10-21-15-5-2-1-4-14(15)18-19-21/h1-2,4-5H,3,6-13H2/t17-/m1/s1. The fraction of sp³-hybridized carbons (Fsp3) is 0.588. The van der Waals surface area contributed by atoms with Gasteiger partial charge in [0.05, 0.1) is 12.1 Å². The van der Waals surface area contributed by atoms with E-state index in [2.05, 4.69) is 10.3 Å². The summed E-state index contributed by atoms with van der Waals surface area (Å²) in [5.74, 6) is 0.283. The number of rotatable bonds is 4. The van der Waals surface area contributed by atoms with E-state index in [0.29, 0.717) is 6.42 Å². The van der Waals surface area contributed by atoms with E-state index in [9.17, 15) is 4.79 Å². The van der Waals surface area contributed by atoms with Gasteiger partial charge in [-0.25, -0.2) is 4.68 Å². The molecule has 0 aliphatic carbocycles. The molecule has 1 spiro atoms. The highest BCUT2D eigenvalue weighted by molar-refractivity contribution is 5.77. The summed E-state index contributed by atoms with van der Waals surface area (Å²) < 4.78 is 7.50. The molecule has 122 valence electrons. The molecule has 23 heavy (non-hydrogen) atoms. The molecule has 0 bridgehead atoms. The van der Waals surface area contributed by atoms with Crippen LogP contribution in [0.15, 0.2) is 24.3 Å². The number of ether oxygens (including phenoxy) is 1. The first-order chi connectivity index (χ1) is 11.3. The van der Waals surface area contributed by atoms with Crippen molar-refractivity contribution in [1.82, 2.24) is 19.9 Å². The fourth-order valence-corrected chi connectivity index (χ4v) is 3.77. The van der Waals surface area contributed by atoms with Crippen molar-refractivity contribution < 1.29 is 9.53 Å². The third-order valence-electron chi connectivity index (χ3n) is 5.15. The monoisotopic (exact) mass is 314 g/mol. The molecule has 4 rings (SSSR count). The van der Waals surface area contributed by atoms with Crippen LogP contribution in [0, 0.1) is 5.41 Å². The maximum atomic E-state index is 12.2. The lowest BCUT2D eigenvalue weighted by molar-refractivity contribution is -0.137. The number of hydrogen-bond donors (Lipinski definition) is 0. The number of fused-ring (bicyclic) bond motifs is 1. The van der Waals surface area contributed by atoms with Crippen LogP contribution >= 0.6 is 0 Å². The summed E-state index contributed by atoms with van der Waals surface area (Å²) in [4.78, 5) is 14.2. The van der Waals surface area contributed by atoms with Crippen molar-refractivity contribution in [1.29, 1.82) is 0 Å². The summed E-state index contributed by atoms with van der Waals surface area (Å²) in [5.41, 5.74) is 2.19. The number of likely N-dealkylation sites (tertiary alicyclic amines) is 1. The molecule has 2 aromatic rings. The van der Waals surface area contributed by atoms with Crippen LogP contribution in [0.2, 0.25) is 0 Å². The number of piperidine rings is 1. The van der Waals surface area contributed by atoms with Gasteiger partial charge >= 0.3 is 0 Å².